The lowest BCUT2D eigenvalue weighted by Gasteiger charge is -2.27. The molecule has 0 radical (unpaired) electrons. The van der Waals surface area contributed by atoms with Crippen molar-refractivity contribution in [3.63, 3.8) is 0 Å². The lowest BCUT2D eigenvalue weighted by Crippen LogP contribution is -2.20. The quantitative estimate of drug-likeness (QED) is 0.190. The monoisotopic (exact) mass is 628 g/mol. The number of benzene rings is 6. The zero-order valence-electron chi connectivity index (χ0n) is 27.0. The van der Waals surface area contributed by atoms with Crippen molar-refractivity contribution in [2.75, 3.05) is 0 Å². The van der Waals surface area contributed by atoms with Gasteiger partial charge in [0.15, 0.2) is 17.5 Å². The van der Waals surface area contributed by atoms with Gasteiger partial charge in [0.2, 0.25) is 0 Å². The molecule has 1 heterocycles. The summed E-state index contributed by atoms with van der Waals surface area (Å²) in [6.07, 6.45) is 4.65. The van der Waals surface area contributed by atoms with E-state index in [4.69, 9.17) is 15.0 Å². The third-order valence-electron chi connectivity index (χ3n) is 10.3. The van der Waals surface area contributed by atoms with Crippen molar-refractivity contribution in [3.05, 3.63) is 162 Å². The molecule has 0 N–H and O–H groups in total. The fourth-order valence-electron chi connectivity index (χ4n) is 7.89. The van der Waals surface area contributed by atoms with Crippen LogP contribution < -0.4 is 0 Å². The molecule has 1 saturated carbocycles. The van der Waals surface area contributed by atoms with Crippen LogP contribution in [0.15, 0.2) is 146 Å². The Kier molecular flexibility index (Phi) is 6.99. The zero-order valence-corrected chi connectivity index (χ0v) is 27.0. The summed E-state index contributed by atoms with van der Waals surface area (Å²) in [5.74, 6) is 1.93. The molecule has 0 amide bonds. The van der Waals surface area contributed by atoms with Crippen LogP contribution in [-0.2, 0) is 5.41 Å². The molecule has 6 aromatic carbocycles. The predicted octanol–water partition coefficient (Wildman–Crippen LogP) is 10.9. The Balaban J connectivity index is 1.12. The van der Waals surface area contributed by atoms with Crippen LogP contribution in [0, 0.1) is 11.3 Å². The molecule has 1 fully saturated rings. The van der Waals surface area contributed by atoms with E-state index in [1.54, 1.807) is 0 Å². The Morgan fingerprint density at radius 3 is 1.57 bits per heavy atom. The van der Waals surface area contributed by atoms with Crippen LogP contribution in [0.5, 0.6) is 0 Å². The molecule has 0 aliphatic heterocycles. The number of rotatable bonds is 5. The summed E-state index contributed by atoms with van der Waals surface area (Å²) >= 11 is 0. The first-order valence-corrected chi connectivity index (χ1v) is 17.0. The summed E-state index contributed by atoms with van der Waals surface area (Å²) in [5, 5.41) is 9.68. The number of fused-ring (bicyclic) bond motifs is 5. The highest BCUT2D eigenvalue weighted by Crippen LogP contribution is 2.57. The van der Waals surface area contributed by atoms with Gasteiger partial charge < -0.3 is 0 Å². The van der Waals surface area contributed by atoms with E-state index in [2.05, 4.69) is 109 Å². The van der Waals surface area contributed by atoms with Crippen LogP contribution in [0.3, 0.4) is 0 Å². The molecular weight excluding hydrogens is 597 g/mol. The van der Waals surface area contributed by atoms with Gasteiger partial charge in [0, 0.05) is 22.1 Å². The Hall–Kier alpha value is -6.18. The SMILES string of the molecule is N#Cc1ccc2c(c1)C1(CCCC1)c1cc(-c3cccc(-c4nc(-c5ccccc5)nc(-c5ccc(-c6ccccc6)cc5)n4)c3)ccc1-2. The van der Waals surface area contributed by atoms with Gasteiger partial charge in [-0.1, -0.05) is 134 Å². The third kappa shape index (κ3) is 5.03. The topological polar surface area (TPSA) is 62.5 Å². The first-order chi connectivity index (χ1) is 24.2. The minimum absolute atomic E-state index is 0.0189. The Labute approximate surface area is 286 Å². The maximum absolute atomic E-state index is 9.68. The first-order valence-electron chi connectivity index (χ1n) is 17.0. The summed E-state index contributed by atoms with van der Waals surface area (Å²) in [4.78, 5) is 15.0. The average molecular weight is 629 g/mol. The van der Waals surface area contributed by atoms with Crippen molar-refractivity contribution in [2.45, 2.75) is 31.1 Å². The van der Waals surface area contributed by atoms with E-state index in [9.17, 15) is 5.26 Å². The van der Waals surface area contributed by atoms with Crippen LogP contribution in [0.2, 0.25) is 0 Å². The van der Waals surface area contributed by atoms with Gasteiger partial charge >= 0.3 is 0 Å². The van der Waals surface area contributed by atoms with Gasteiger partial charge in [0.05, 0.1) is 11.6 Å². The number of hydrogen-bond donors (Lipinski definition) is 0. The molecule has 1 aromatic heterocycles. The molecule has 232 valence electrons. The van der Waals surface area contributed by atoms with E-state index >= 15 is 0 Å². The molecule has 0 saturated heterocycles. The van der Waals surface area contributed by atoms with E-state index in [1.807, 2.05) is 42.5 Å². The summed E-state index contributed by atoms with van der Waals surface area (Å²) in [5.41, 5.74) is 13.5. The first kappa shape index (κ1) is 29.0. The van der Waals surface area contributed by atoms with Crippen LogP contribution in [0.1, 0.15) is 42.4 Å². The van der Waals surface area contributed by atoms with Crippen LogP contribution >= 0.6 is 0 Å². The van der Waals surface area contributed by atoms with E-state index in [1.165, 1.54) is 46.2 Å². The zero-order chi connectivity index (χ0) is 32.8. The second-order valence-electron chi connectivity index (χ2n) is 13.1. The fraction of sp³-hybridized carbons (Fsp3) is 0.111. The van der Waals surface area contributed by atoms with Crippen molar-refractivity contribution in [1.82, 2.24) is 15.0 Å². The van der Waals surface area contributed by atoms with Crippen molar-refractivity contribution in [2.24, 2.45) is 0 Å². The molecule has 2 aliphatic rings. The Morgan fingerprint density at radius 1 is 0.429 bits per heavy atom. The van der Waals surface area contributed by atoms with E-state index in [0.29, 0.717) is 17.5 Å². The van der Waals surface area contributed by atoms with Gasteiger partial charge in [0.1, 0.15) is 0 Å². The molecule has 0 unspecified atom stereocenters. The molecular formula is C45H32N4. The smallest absolute Gasteiger partial charge is 0.164 e. The van der Waals surface area contributed by atoms with Crippen molar-refractivity contribution in [1.29, 1.82) is 5.26 Å². The number of hydrogen-bond acceptors (Lipinski definition) is 4. The van der Waals surface area contributed by atoms with Crippen LogP contribution in [-0.4, -0.2) is 15.0 Å². The van der Waals surface area contributed by atoms with Gasteiger partial charge in [-0.15, -0.1) is 0 Å². The molecule has 2 aliphatic carbocycles. The van der Waals surface area contributed by atoms with Gasteiger partial charge in [-0.3, -0.25) is 0 Å². The van der Waals surface area contributed by atoms with Crippen LogP contribution in [0.25, 0.3) is 67.5 Å². The molecule has 49 heavy (non-hydrogen) atoms. The summed E-state index contributed by atoms with van der Waals surface area (Å²) in [7, 11) is 0. The molecule has 7 aromatic rings. The molecule has 0 atom stereocenters. The van der Waals surface area contributed by atoms with Crippen molar-refractivity contribution < 1.29 is 0 Å². The van der Waals surface area contributed by atoms with Gasteiger partial charge in [-0.05, 0) is 81.6 Å². The predicted molar refractivity (Wildman–Crippen MR) is 196 cm³/mol. The lowest BCUT2D eigenvalue weighted by molar-refractivity contribution is 0.550. The Bertz CT molecular complexity index is 2380. The summed E-state index contributed by atoms with van der Waals surface area (Å²) in [6.45, 7) is 0. The van der Waals surface area contributed by atoms with E-state index < -0.39 is 0 Å². The minimum atomic E-state index is -0.0189. The number of aromatic nitrogens is 3. The number of nitrogens with zero attached hydrogens (tertiary/aromatic N) is 4. The van der Waals surface area contributed by atoms with Gasteiger partial charge in [-0.2, -0.15) is 5.26 Å². The molecule has 9 rings (SSSR count). The van der Waals surface area contributed by atoms with Crippen molar-refractivity contribution >= 4 is 0 Å². The maximum Gasteiger partial charge on any atom is 0.164 e. The Morgan fingerprint density at radius 2 is 0.898 bits per heavy atom. The standard InChI is InChI=1S/C45H32N4/c46-29-30-16-22-38-39-23-21-36(28-41(39)45(40(38)26-30)24-7-8-25-45)35-14-9-15-37(27-35)44-48-42(33-12-5-2-6-13-33)47-43(49-44)34-19-17-32(18-20-34)31-10-3-1-4-11-31/h1-6,9-23,26-28H,7-8,24-25H2. The molecule has 4 nitrogen and oxygen atoms in total. The van der Waals surface area contributed by atoms with Crippen LogP contribution in [0.4, 0.5) is 0 Å². The van der Waals surface area contributed by atoms with Gasteiger partial charge in [0.25, 0.3) is 0 Å². The highest BCUT2D eigenvalue weighted by molar-refractivity contribution is 5.85. The summed E-state index contributed by atoms with van der Waals surface area (Å²) in [6, 6.07) is 53.0. The third-order valence-corrected chi connectivity index (χ3v) is 10.3. The van der Waals surface area contributed by atoms with E-state index in [0.717, 1.165) is 46.2 Å². The largest absolute Gasteiger partial charge is 0.208 e. The molecule has 4 heteroatoms. The average Bonchev–Trinajstić information content (AvgIpc) is 3.79. The summed E-state index contributed by atoms with van der Waals surface area (Å²) < 4.78 is 0. The lowest BCUT2D eigenvalue weighted by atomic mass is 9.76. The van der Waals surface area contributed by atoms with Gasteiger partial charge in [-0.25, -0.2) is 15.0 Å². The fourth-order valence-corrected chi connectivity index (χ4v) is 7.89. The normalized spacial score (nSPS) is 13.9. The highest BCUT2D eigenvalue weighted by Gasteiger charge is 2.45. The maximum atomic E-state index is 9.68. The molecule has 0 bridgehead atoms. The highest BCUT2D eigenvalue weighted by atomic mass is 15.0. The second kappa shape index (κ2) is 11.8. The number of nitriles is 1. The minimum Gasteiger partial charge on any atom is -0.208 e. The second-order valence-corrected chi connectivity index (χ2v) is 13.1. The van der Waals surface area contributed by atoms with Crippen molar-refractivity contribution in [3.8, 4) is 73.6 Å². The van der Waals surface area contributed by atoms with E-state index in [-0.39, 0.29) is 5.41 Å². The molecule has 1 spiro atoms.